The SMILES string of the molecule is CCOc1ccc(CC(=O)NCCS(=O)(=O)N2CCN(c3ccccc3F)CC2)cc1. The lowest BCUT2D eigenvalue weighted by Gasteiger charge is -2.35. The van der Waals surface area contributed by atoms with E-state index in [2.05, 4.69) is 5.32 Å². The minimum absolute atomic E-state index is 0.0473. The molecule has 0 unspecified atom stereocenters. The maximum absolute atomic E-state index is 13.9. The highest BCUT2D eigenvalue weighted by Gasteiger charge is 2.27. The zero-order valence-corrected chi connectivity index (χ0v) is 18.4. The van der Waals surface area contributed by atoms with Crippen molar-refractivity contribution in [1.29, 1.82) is 0 Å². The number of nitrogens with zero attached hydrogens (tertiary/aromatic N) is 2. The molecule has 0 saturated carbocycles. The quantitative estimate of drug-likeness (QED) is 0.634. The molecule has 2 aromatic carbocycles. The number of ether oxygens (including phenoxy) is 1. The van der Waals surface area contributed by atoms with Gasteiger partial charge in [-0.1, -0.05) is 24.3 Å². The normalized spacial score (nSPS) is 15.0. The Bertz CT molecular complexity index is 975. The van der Waals surface area contributed by atoms with Crippen LogP contribution < -0.4 is 15.0 Å². The highest BCUT2D eigenvalue weighted by atomic mass is 32.2. The Hall–Kier alpha value is -2.65. The largest absolute Gasteiger partial charge is 0.494 e. The van der Waals surface area contributed by atoms with Crippen LogP contribution in [0.1, 0.15) is 12.5 Å². The van der Waals surface area contributed by atoms with E-state index in [4.69, 9.17) is 4.74 Å². The predicted octanol–water partition coefficient (Wildman–Crippen LogP) is 2.04. The number of carbonyl (C=O) groups excluding carboxylic acids is 1. The molecule has 1 N–H and O–H groups in total. The summed E-state index contributed by atoms with van der Waals surface area (Å²) in [5.74, 6) is 0.0347. The molecule has 0 aromatic heterocycles. The number of amides is 1. The number of sulfonamides is 1. The molecule has 1 heterocycles. The number of nitrogens with one attached hydrogen (secondary N) is 1. The molecule has 168 valence electrons. The molecule has 9 heteroatoms. The standard InChI is InChI=1S/C22H28FN3O4S/c1-2-30-19-9-7-18(8-10-19)17-22(27)24-11-16-31(28,29)26-14-12-25(13-15-26)21-6-4-3-5-20(21)23/h3-10H,2,11-17H2,1H3,(H,24,27). The van der Waals surface area contributed by atoms with Gasteiger partial charge in [-0.25, -0.2) is 12.8 Å². The van der Waals surface area contributed by atoms with E-state index >= 15 is 0 Å². The smallest absolute Gasteiger partial charge is 0.224 e. The van der Waals surface area contributed by atoms with Crippen LogP contribution in [0.15, 0.2) is 48.5 Å². The van der Waals surface area contributed by atoms with Crippen molar-refractivity contribution >= 4 is 21.6 Å². The lowest BCUT2D eigenvalue weighted by molar-refractivity contribution is -0.120. The second kappa shape index (κ2) is 10.6. The molecule has 1 saturated heterocycles. The summed E-state index contributed by atoms with van der Waals surface area (Å²) in [7, 11) is -3.50. The van der Waals surface area contributed by atoms with Crippen LogP contribution in [0.3, 0.4) is 0 Å². The van der Waals surface area contributed by atoms with Crippen LogP contribution in [0, 0.1) is 5.82 Å². The van der Waals surface area contributed by atoms with Crippen LogP contribution in [0.25, 0.3) is 0 Å². The third-order valence-corrected chi connectivity index (χ3v) is 6.98. The van der Waals surface area contributed by atoms with E-state index in [1.165, 1.54) is 10.4 Å². The van der Waals surface area contributed by atoms with Gasteiger partial charge >= 0.3 is 0 Å². The number of hydrogen-bond acceptors (Lipinski definition) is 5. The van der Waals surface area contributed by atoms with Gasteiger partial charge in [-0.3, -0.25) is 4.79 Å². The predicted molar refractivity (Wildman–Crippen MR) is 118 cm³/mol. The number of piperazine rings is 1. The fourth-order valence-electron chi connectivity index (χ4n) is 3.48. The number of anilines is 1. The van der Waals surface area contributed by atoms with Gasteiger partial charge < -0.3 is 15.0 Å². The summed E-state index contributed by atoms with van der Waals surface area (Å²) in [6.07, 6.45) is 0.174. The van der Waals surface area contributed by atoms with Gasteiger partial charge in [0.15, 0.2) is 0 Å². The molecular formula is C22H28FN3O4S. The molecule has 0 radical (unpaired) electrons. The number of benzene rings is 2. The Balaban J connectivity index is 1.43. The van der Waals surface area contributed by atoms with Gasteiger partial charge in [-0.15, -0.1) is 0 Å². The Morgan fingerprint density at radius 1 is 1.06 bits per heavy atom. The molecule has 31 heavy (non-hydrogen) atoms. The van der Waals surface area contributed by atoms with Crippen molar-refractivity contribution in [3.05, 3.63) is 59.9 Å². The van der Waals surface area contributed by atoms with Crippen LogP contribution >= 0.6 is 0 Å². The highest BCUT2D eigenvalue weighted by molar-refractivity contribution is 7.89. The minimum Gasteiger partial charge on any atom is -0.494 e. The van der Waals surface area contributed by atoms with Crippen molar-refractivity contribution in [1.82, 2.24) is 9.62 Å². The Kier molecular flexibility index (Phi) is 7.86. The van der Waals surface area contributed by atoms with Crippen molar-refractivity contribution in [3.63, 3.8) is 0 Å². The fourth-order valence-corrected chi connectivity index (χ4v) is 4.82. The fraction of sp³-hybridized carbons (Fsp3) is 0.409. The molecule has 7 nitrogen and oxygen atoms in total. The molecule has 2 aromatic rings. The lowest BCUT2D eigenvalue weighted by atomic mass is 10.1. The van der Waals surface area contributed by atoms with Crippen molar-refractivity contribution in [2.75, 3.05) is 50.0 Å². The van der Waals surface area contributed by atoms with E-state index < -0.39 is 10.0 Å². The first kappa shape index (κ1) is 23.0. The summed E-state index contributed by atoms with van der Waals surface area (Å²) in [4.78, 5) is 14.0. The summed E-state index contributed by atoms with van der Waals surface area (Å²) in [6, 6.07) is 13.7. The molecule has 1 aliphatic rings. The van der Waals surface area contributed by atoms with Gasteiger partial charge in [0.05, 0.1) is 24.5 Å². The van der Waals surface area contributed by atoms with E-state index in [0.717, 1.165) is 11.3 Å². The number of hydrogen-bond donors (Lipinski definition) is 1. The maximum Gasteiger partial charge on any atom is 0.224 e. The minimum atomic E-state index is -3.50. The molecular weight excluding hydrogens is 421 g/mol. The van der Waals surface area contributed by atoms with E-state index in [1.807, 2.05) is 24.0 Å². The highest BCUT2D eigenvalue weighted by Crippen LogP contribution is 2.21. The van der Waals surface area contributed by atoms with Crippen LogP contribution in [-0.4, -0.2) is 63.7 Å². The van der Waals surface area contributed by atoms with Crippen LogP contribution in [0.5, 0.6) is 5.75 Å². The maximum atomic E-state index is 13.9. The third-order valence-electron chi connectivity index (χ3n) is 5.11. The summed E-state index contributed by atoms with van der Waals surface area (Å²) < 4.78 is 45.9. The first-order valence-corrected chi connectivity index (χ1v) is 12.0. The van der Waals surface area contributed by atoms with Gasteiger partial charge in [0.1, 0.15) is 11.6 Å². The van der Waals surface area contributed by atoms with E-state index in [-0.39, 0.29) is 43.5 Å². The summed E-state index contributed by atoms with van der Waals surface area (Å²) >= 11 is 0. The molecule has 0 bridgehead atoms. The summed E-state index contributed by atoms with van der Waals surface area (Å²) in [5.41, 5.74) is 1.31. The molecule has 1 amide bonds. The van der Waals surface area contributed by atoms with Gasteiger partial charge in [0.2, 0.25) is 15.9 Å². The van der Waals surface area contributed by atoms with Crippen molar-refractivity contribution in [2.24, 2.45) is 0 Å². The van der Waals surface area contributed by atoms with Crippen molar-refractivity contribution in [2.45, 2.75) is 13.3 Å². The first-order valence-electron chi connectivity index (χ1n) is 10.3. The average molecular weight is 450 g/mol. The number of rotatable bonds is 9. The first-order chi connectivity index (χ1) is 14.9. The van der Waals surface area contributed by atoms with E-state index in [1.54, 1.807) is 30.3 Å². The van der Waals surface area contributed by atoms with E-state index in [0.29, 0.717) is 25.4 Å². The zero-order chi connectivity index (χ0) is 22.3. The topological polar surface area (TPSA) is 78.9 Å². The number of para-hydroxylation sites is 1. The Morgan fingerprint density at radius 3 is 2.39 bits per heavy atom. The van der Waals surface area contributed by atoms with Crippen LogP contribution in [0.4, 0.5) is 10.1 Å². The molecule has 0 aliphatic carbocycles. The monoisotopic (exact) mass is 449 g/mol. The average Bonchev–Trinajstić information content (AvgIpc) is 2.76. The zero-order valence-electron chi connectivity index (χ0n) is 17.6. The van der Waals surface area contributed by atoms with Crippen LogP contribution in [0.2, 0.25) is 0 Å². The molecule has 0 spiro atoms. The van der Waals surface area contributed by atoms with Crippen LogP contribution in [-0.2, 0) is 21.2 Å². The second-order valence-electron chi connectivity index (χ2n) is 7.26. The Morgan fingerprint density at radius 2 is 1.74 bits per heavy atom. The van der Waals surface area contributed by atoms with Gasteiger partial charge in [-0.05, 0) is 36.8 Å². The van der Waals surface area contributed by atoms with E-state index in [9.17, 15) is 17.6 Å². The second-order valence-corrected chi connectivity index (χ2v) is 9.35. The molecule has 1 fully saturated rings. The van der Waals surface area contributed by atoms with Gasteiger partial charge in [0, 0.05) is 32.7 Å². The Labute approximate surface area is 182 Å². The molecule has 0 atom stereocenters. The van der Waals surface area contributed by atoms with Gasteiger partial charge in [-0.2, -0.15) is 4.31 Å². The van der Waals surface area contributed by atoms with Gasteiger partial charge in [0.25, 0.3) is 0 Å². The summed E-state index contributed by atoms with van der Waals surface area (Å²) in [6.45, 7) is 3.94. The molecule has 1 aliphatic heterocycles. The van der Waals surface area contributed by atoms with Crippen molar-refractivity contribution in [3.8, 4) is 5.75 Å². The molecule has 3 rings (SSSR count). The third kappa shape index (κ3) is 6.41. The lowest BCUT2D eigenvalue weighted by Crippen LogP contribution is -2.50. The summed E-state index contributed by atoms with van der Waals surface area (Å²) in [5, 5.41) is 2.67. The number of carbonyl (C=O) groups is 1. The number of halogens is 1. The van der Waals surface area contributed by atoms with Crippen molar-refractivity contribution < 1.29 is 22.3 Å².